The lowest BCUT2D eigenvalue weighted by Gasteiger charge is -2.18. The van der Waals surface area contributed by atoms with Gasteiger partial charge >= 0.3 is 0 Å². The predicted octanol–water partition coefficient (Wildman–Crippen LogP) is 3.43. The first-order chi connectivity index (χ1) is 11.2. The maximum atomic E-state index is 12.3. The third-order valence-corrected chi connectivity index (χ3v) is 4.57. The van der Waals surface area contributed by atoms with Crippen molar-refractivity contribution in [1.82, 2.24) is 5.16 Å². The fourth-order valence-corrected chi connectivity index (χ4v) is 3.35. The zero-order valence-corrected chi connectivity index (χ0v) is 12.8. The Bertz CT molecular complexity index is 942. The molecule has 1 aliphatic rings. The number of fused-ring (bicyclic) bond motifs is 3. The highest BCUT2D eigenvalue weighted by Crippen LogP contribution is 2.37. The zero-order chi connectivity index (χ0) is 16.0. The molecular formula is C18H16N2O3. The van der Waals surface area contributed by atoms with Crippen molar-refractivity contribution in [2.75, 3.05) is 12.4 Å². The number of rotatable bonds is 2. The fourth-order valence-electron chi connectivity index (χ4n) is 3.35. The van der Waals surface area contributed by atoms with Gasteiger partial charge < -0.3 is 9.84 Å². The van der Waals surface area contributed by atoms with E-state index in [0.29, 0.717) is 24.1 Å². The molecule has 4 rings (SSSR count). The van der Waals surface area contributed by atoms with E-state index in [2.05, 4.69) is 16.5 Å². The molecule has 116 valence electrons. The first-order valence-corrected chi connectivity index (χ1v) is 7.71. The molecule has 0 bridgehead atoms. The van der Waals surface area contributed by atoms with Crippen LogP contribution >= 0.6 is 0 Å². The maximum absolute atomic E-state index is 12.3. The molecule has 5 heteroatoms. The second kappa shape index (κ2) is 5.19. The van der Waals surface area contributed by atoms with Crippen molar-refractivity contribution in [1.29, 1.82) is 0 Å². The van der Waals surface area contributed by atoms with Crippen molar-refractivity contribution >= 4 is 39.0 Å². The number of nitrogens with zero attached hydrogens (tertiary/aromatic N) is 1. The van der Waals surface area contributed by atoms with Crippen LogP contribution in [-0.4, -0.2) is 23.8 Å². The van der Waals surface area contributed by atoms with Crippen LogP contribution in [0, 0.1) is 0 Å². The molecule has 0 saturated heterocycles. The highest BCUT2D eigenvalue weighted by atomic mass is 16.5. The highest BCUT2D eigenvalue weighted by molar-refractivity contribution is 6.11. The molecule has 1 fully saturated rings. The van der Waals surface area contributed by atoms with Gasteiger partial charge in [-0.05, 0) is 35.4 Å². The molecule has 5 nitrogen and oxygen atoms in total. The molecule has 0 spiro atoms. The monoisotopic (exact) mass is 308 g/mol. The number of ketones is 2. The largest absolute Gasteiger partial charge is 0.388 e. The Morgan fingerprint density at radius 3 is 2.87 bits per heavy atom. The van der Waals surface area contributed by atoms with Crippen LogP contribution in [0.2, 0.25) is 0 Å². The normalized spacial score (nSPS) is 18.7. The van der Waals surface area contributed by atoms with E-state index >= 15 is 0 Å². The lowest BCUT2D eigenvalue weighted by molar-refractivity contribution is -0.130. The average molecular weight is 308 g/mol. The van der Waals surface area contributed by atoms with Crippen molar-refractivity contribution < 1.29 is 14.1 Å². The molecule has 1 saturated carbocycles. The third kappa shape index (κ3) is 2.20. The number of carbonyl (C=O) groups excluding carboxylic acids is 2. The maximum Gasteiger partial charge on any atom is 0.167 e. The smallest absolute Gasteiger partial charge is 0.167 e. The van der Waals surface area contributed by atoms with E-state index in [-0.39, 0.29) is 23.9 Å². The average Bonchev–Trinajstić information content (AvgIpc) is 2.98. The molecule has 23 heavy (non-hydrogen) atoms. The van der Waals surface area contributed by atoms with Crippen LogP contribution in [0.25, 0.3) is 21.7 Å². The lowest BCUT2D eigenvalue weighted by Crippen LogP contribution is -2.23. The summed E-state index contributed by atoms with van der Waals surface area (Å²) in [6, 6.07) is 9.93. The Morgan fingerprint density at radius 2 is 2.09 bits per heavy atom. The van der Waals surface area contributed by atoms with Gasteiger partial charge in [-0.3, -0.25) is 9.59 Å². The van der Waals surface area contributed by atoms with Crippen molar-refractivity contribution in [2.45, 2.75) is 25.2 Å². The quantitative estimate of drug-likeness (QED) is 0.734. The summed E-state index contributed by atoms with van der Waals surface area (Å²) in [6.45, 7) is 0. The number of benzene rings is 2. The third-order valence-electron chi connectivity index (χ3n) is 4.57. The molecular weight excluding hydrogens is 292 g/mol. The Morgan fingerprint density at radius 1 is 1.22 bits per heavy atom. The standard InChI is InChI=1S/C18H16N2O3/c1-19-11-3-5-13-10(8-11)2-7-16-17(13)18(20-23-16)14-6-4-12(21)9-15(14)22/h2-3,5,7-8,14,19H,4,6,9H2,1H3/t14-/m0/s1. The molecule has 1 heterocycles. The number of hydrogen-bond acceptors (Lipinski definition) is 5. The molecule has 1 atom stereocenters. The van der Waals surface area contributed by atoms with Crippen molar-refractivity contribution in [3.63, 3.8) is 0 Å². The second-order valence-corrected chi connectivity index (χ2v) is 5.97. The summed E-state index contributed by atoms with van der Waals surface area (Å²) in [4.78, 5) is 23.7. The van der Waals surface area contributed by atoms with E-state index < -0.39 is 0 Å². The predicted molar refractivity (Wildman–Crippen MR) is 87.7 cm³/mol. The Balaban J connectivity index is 1.92. The van der Waals surface area contributed by atoms with Crippen LogP contribution in [-0.2, 0) is 9.59 Å². The van der Waals surface area contributed by atoms with Crippen LogP contribution in [0.5, 0.6) is 0 Å². The molecule has 3 aromatic rings. The summed E-state index contributed by atoms with van der Waals surface area (Å²) >= 11 is 0. The van der Waals surface area contributed by atoms with Crippen molar-refractivity contribution in [2.24, 2.45) is 0 Å². The fraction of sp³-hybridized carbons (Fsp3) is 0.278. The van der Waals surface area contributed by atoms with Gasteiger partial charge in [-0.1, -0.05) is 17.3 Å². The molecule has 1 aliphatic carbocycles. The minimum absolute atomic E-state index is 0.00763. The van der Waals surface area contributed by atoms with E-state index in [1.165, 1.54) is 0 Å². The summed E-state index contributed by atoms with van der Waals surface area (Å²) in [6.07, 6.45) is 0.956. The Kier molecular flexibility index (Phi) is 3.15. The van der Waals surface area contributed by atoms with Crippen molar-refractivity contribution in [3.05, 3.63) is 36.0 Å². The van der Waals surface area contributed by atoms with Gasteiger partial charge in [0.15, 0.2) is 5.58 Å². The number of carbonyl (C=O) groups is 2. The summed E-state index contributed by atoms with van der Waals surface area (Å²) in [5.74, 6) is -0.383. The van der Waals surface area contributed by atoms with Gasteiger partial charge in [0, 0.05) is 19.2 Å². The number of nitrogens with one attached hydrogen (secondary N) is 1. The van der Waals surface area contributed by atoms with Gasteiger partial charge in [0.05, 0.1) is 17.7 Å². The minimum Gasteiger partial charge on any atom is -0.388 e. The van der Waals surface area contributed by atoms with Gasteiger partial charge in [0.25, 0.3) is 0 Å². The molecule has 1 aromatic heterocycles. The van der Waals surface area contributed by atoms with E-state index in [0.717, 1.165) is 21.8 Å². The van der Waals surface area contributed by atoms with Crippen LogP contribution in [0.3, 0.4) is 0 Å². The first-order valence-electron chi connectivity index (χ1n) is 7.71. The molecule has 0 amide bonds. The van der Waals surface area contributed by atoms with Gasteiger partial charge in [0.1, 0.15) is 17.3 Å². The Labute approximate surface area is 132 Å². The van der Waals surface area contributed by atoms with E-state index in [4.69, 9.17) is 4.52 Å². The van der Waals surface area contributed by atoms with Gasteiger partial charge in [-0.2, -0.15) is 0 Å². The SMILES string of the molecule is CNc1ccc2c(ccc3onc([C@H]4CCC(=O)CC4=O)c32)c1. The highest BCUT2D eigenvalue weighted by Gasteiger charge is 2.32. The molecule has 0 radical (unpaired) electrons. The number of hydrogen-bond donors (Lipinski definition) is 1. The minimum atomic E-state index is -0.344. The summed E-state index contributed by atoms with van der Waals surface area (Å²) < 4.78 is 5.44. The van der Waals surface area contributed by atoms with E-state index in [9.17, 15) is 9.59 Å². The first kappa shape index (κ1) is 13.9. The van der Waals surface area contributed by atoms with Crippen LogP contribution in [0.1, 0.15) is 30.9 Å². The molecule has 1 N–H and O–H groups in total. The second-order valence-electron chi connectivity index (χ2n) is 5.97. The lowest BCUT2D eigenvalue weighted by atomic mass is 9.83. The number of Topliss-reactive ketones (excluding diaryl/α,β-unsaturated/α-hetero) is 2. The molecule has 0 unspecified atom stereocenters. The van der Waals surface area contributed by atoms with Crippen LogP contribution in [0.15, 0.2) is 34.9 Å². The van der Waals surface area contributed by atoms with Crippen molar-refractivity contribution in [3.8, 4) is 0 Å². The van der Waals surface area contributed by atoms with Gasteiger partial charge in [-0.15, -0.1) is 0 Å². The topological polar surface area (TPSA) is 72.2 Å². The van der Waals surface area contributed by atoms with E-state index in [1.54, 1.807) is 0 Å². The van der Waals surface area contributed by atoms with Gasteiger partial charge in [-0.25, -0.2) is 0 Å². The summed E-state index contributed by atoms with van der Waals surface area (Å²) in [5, 5.41) is 10.3. The molecule has 0 aliphatic heterocycles. The zero-order valence-electron chi connectivity index (χ0n) is 12.8. The van der Waals surface area contributed by atoms with Crippen LogP contribution < -0.4 is 5.32 Å². The van der Waals surface area contributed by atoms with Gasteiger partial charge in [0.2, 0.25) is 0 Å². The Hall–Kier alpha value is -2.69. The summed E-state index contributed by atoms with van der Waals surface area (Å²) in [5.41, 5.74) is 2.36. The number of aromatic nitrogens is 1. The van der Waals surface area contributed by atoms with E-state index in [1.807, 2.05) is 31.3 Å². The van der Waals surface area contributed by atoms with Crippen LogP contribution in [0.4, 0.5) is 5.69 Å². The number of anilines is 1. The summed E-state index contributed by atoms with van der Waals surface area (Å²) in [7, 11) is 1.88. The molecule has 2 aromatic carbocycles.